The van der Waals surface area contributed by atoms with Crippen LogP contribution in [0.2, 0.25) is 0 Å². The topological polar surface area (TPSA) is 84.2 Å². The Kier molecular flexibility index (Phi) is 7.83. The molecule has 8 nitrogen and oxygen atoms in total. The third kappa shape index (κ3) is 5.81. The summed E-state index contributed by atoms with van der Waals surface area (Å²) in [6.07, 6.45) is 1.65. The summed E-state index contributed by atoms with van der Waals surface area (Å²) < 4.78 is 24.2. The predicted molar refractivity (Wildman–Crippen MR) is 168 cm³/mol. The number of hydrogen-bond donors (Lipinski definition) is 0. The lowest BCUT2D eigenvalue weighted by molar-refractivity contribution is 0.174. The number of aromatic nitrogens is 2. The number of fused-ring (bicyclic) bond motifs is 2. The van der Waals surface area contributed by atoms with Gasteiger partial charge in [-0.15, -0.1) is 0 Å². The van der Waals surface area contributed by atoms with Crippen molar-refractivity contribution in [2.75, 3.05) is 13.4 Å². The van der Waals surface area contributed by atoms with E-state index in [1.807, 2.05) is 80.6 Å². The molecule has 218 valence electrons. The molecule has 8 heteroatoms. The lowest BCUT2D eigenvalue weighted by atomic mass is 9.96. The molecule has 0 radical (unpaired) electrons. The van der Waals surface area contributed by atoms with Gasteiger partial charge in [-0.2, -0.15) is 9.78 Å². The second-order valence-corrected chi connectivity index (χ2v) is 10.7. The van der Waals surface area contributed by atoms with Gasteiger partial charge in [0.25, 0.3) is 5.56 Å². The number of aryl methyl sites for hydroxylation is 1. The fraction of sp³-hybridized carbons (Fsp3) is 0.229. The smallest absolute Gasteiger partial charge is 0.282 e. The molecule has 5 aromatic rings. The van der Waals surface area contributed by atoms with Crippen LogP contribution in [0, 0.1) is 6.92 Å². The maximum Gasteiger partial charge on any atom is 0.282 e. The molecule has 4 aromatic carbocycles. The van der Waals surface area contributed by atoms with Crippen molar-refractivity contribution in [3.05, 3.63) is 111 Å². The fourth-order valence-corrected chi connectivity index (χ4v) is 5.08. The van der Waals surface area contributed by atoms with Crippen LogP contribution in [0.4, 0.5) is 0 Å². The van der Waals surface area contributed by atoms with Crippen LogP contribution >= 0.6 is 0 Å². The second kappa shape index (κ2) is 12.0. The molecule has 0 fully saturated rings. The molecule has 0 unspecified atom stereocenters. The summed E-state index contributed by atoms with van der Waals surface area (Å²) in [5, 5.41) is 5.17. The highest BCUT2D eigenvalue weighted by Gasteiger charge is 2.19. The molecule has 0 spiro atoms. The predicted octanol–water partition coefficient (Wildman–Crippen LogP) is 7.08. The molecule has 43 heavy (non-hydrogen) atoms. The highest BCUT2D eigenvalue weighted by molar-refractivity contribution is 5.82. The minimum Gasteiger partial charge on any atom is -0.494 e. The number of ether oxygens (including phenoxy) is 4. The molecule has 6 rings (SSSR count). The first-order valence-corrected chi connectivity index (χ1v) is 14.4. The minimum absolute atomic E-state index is 0.213. The first kappa shape index (κ1) is 28.0. The van der Waals surface area contributed by atoms with Gasteiger partial charge >= 0.3 is 0 Å². The third-order valence-electron chi connectivity index (χ3n) is 7.30. The Morgan fingerprint density at radius 2 is 1.81 bits per heavy atom. The molecule has 0 saturated heterocycles. The number of rotatable bonds is 9. The van der Waals surface area contributed by atoms with Crippen LogP contribution in [-0.4, -0.2) is 29.3 Å². The highest BCUT2D eigenvalue weighted by atomic mass is 16.7. The Morgan fingerprint density at radius 1 is 0.977 bits per heavy atom. The van der Waals surface area contributed by atoms with Gasteiger partial charge in [0, 0.05) is 5.56 Å². The maximum atomic E-state index is 13.8. The van der Waals surface area contributed by atoms with E-state index in [2.05, 4.69) is 25.0 Å². The van der Waals surface area contributed by atoms with E-state index in [9.17, 15) is 4.79 Å². The Hall–Kier alpha value is -5.11. The van der Waals surface area contributed by atoms with Crippen LogP contribution in [-0.2, 0) is 6.61 Å². The van der Waals surface area contributed by atoms with Gasteiger partial charge in [-0.1, -0.05) is 44.2 Å². The molecule has 1 aliphatic rings. The van der Waals surface area contributed by atoms with Crippen molar-refractivity contribution in [3.8, 4) is 34.4 Å². The van der Waals surface area contributed by atoms with Gasteiger partial charge < -0.3 is 18.9 Å². The summed E-state index contributed by atoms with van der Waals surface area (Å²) in [7, 11) is 0. The lowest BCUT2D eigenvalue weighted by Crippen LogP contribution is -2.20. The van der Waals surface area contributed by atoms with Crippen LogP contribution < -0.4 is 24.5 Å². The fourth-order valence-electron chi connectivity index (χ4n) is 5.08. The molecule has 0 atom stereocenters. The van der Waals surface area contributed by atoms with Crippen molar-refractivity contribution in [1.29, 1.82) is 0 Å². The zero-order valence-electron chi connectivity index (χ0n) is 24.7. The van der Waals surface area contributed by atoms with Gasteiger partial charge in [-0.05, 0) is 90.6 Å². The highest BCUT2D eigenvalue weighted by Crippen LogP contribution is 2.35. The molecule has 0 bridgehead atoms. The van der Waals surface area contributed by atoms with E-state index in [0.29, 0.717) is 35.7 Å². The van der Waals surface area contributed by atoms with Crippen LogP contribution in [0.3, 0.4) is 0 Å². The average molecular weight is 576 g/mol. The molecule has 0 amide bonds. The molecule has 1 aromatic heterocycles. The van der Waals surface area contributed by atoms with Crippen molar-refractivity contribution in [3.63, 3.8) is 0 Å². The minimum atomic E-state index is -0.244. The normalized spacial score (nSPS) is 12.4. The standard InChI is InChI=1S/C35H33N3O5/c1-5-40-32-15-23(4)29(18-28(32)22(2)3)34-37-30-12-7-6-11-27(30)35(39)38(34)36-19-24-9-8-10-26(16-24)41-20-25-13-14-31-33(17-25)43-21-42-31/h6-19,22H,5,20-21H2,1-4H3. The van der Waals surface area contributed by atoms with Crippen molar-refractivity contribution < 1.29 is 18.9 Å². The summed E-state index contributed by atoms with van der Waals surface area (Å²) in [6.45, 7) is 9.39. The Morgan fingerprint density at radius 3 is 2.65 bits per heavy atom. The van der Waals surface area contributed by atoms with Crippen molar-refractivity contribution in [1.82, 2.24) is 9.66 Å². The van der Waals surface area contributed by atoms with E-state index in [0.717, 1.165) is 45.1 Å². The first-order chi connectivity index (χ1) is 20.9. The lowest BCUT2D eigenvalue weighted by Gasteiger charge is -2.18. The monoisotopic (exact) mass is 575 g/mol. The van der Waals surface area contributed by atoms with Gasteiger partial charge in [0.1, 0.15) is 18.1 Å². The summed E-state index contributed by atoms with van der Waals surface area (Å²) in [5.74, 6) is 3.66. The second-order valence-electron chi connectivity index (χ2n) is 10.7. The van der Waals surface area contributed by atoms with E-state index in [4.69, 9.17) is 23.9 Å². The molecule has 0 saturated carbocycles. The van der Waals surface area contributed by atoms with Gasteiger partial charge in [0.05, 0.1) is 23.7 Å². The number of benzene rings is 4. The SMILES string of the molecule is CCOc1cc(C)c(-c2nc3ccccc3c(=O)n2N=Cc2cccc(OCc3ccc4c(c3)OCO4)c2)cc1C(C)C. The zero-order chi connectivity index (χ0) is 29.9. The van der Waals surface area contributed by atoms with Crippen LogP contribution in [0.25, 0.3) is 22.3 Å². The van der Waals surface area contributed by atoms with E-state index in [1.54, 1.807) is 12.3 Å². The Labute approximate surface area is 250 Å². The number of hydrogen-bond acceptors (Lipinski definition) is 7. The molecular formula is C35H33N3O5. The van der Waals surface area contributed by atoms with Gasteiger partial charge in [0.15, 0.2) is 17.3 Å². The zero-order valence-corrected chi connectivity index (χ0v) is 24.7. The Balaban J connectivity index is 1.36. The van der Waals surface area contributed by atoms with Crippen LogP contribution in [0.1, 0.15) is 48.9 Å². The van der Waals surface area contributed by atoms with E-state index in [-0.39, 0.29) is 18.3 Å². The van der Waals surface area contributed by atoms with Gasteiger partial charge in [-0.25, -0.2) is 4.98 Å². The summed E-state index contributed by atoms with van der Waals surface area (Å²) in [5.41, 5.74) is 4.94. The average Bonchev–Trinajstić information content (AvgIpc) is 3.48. The van der Waals surface area contributed by atoms with Crippen molar-refractivity contribution >= 4 is 17.1 Å². The summed E-state index contributed by atoms with van der Waals surface area (Å²) in [4.78, 5) is 18.7. The third-order valence-corrected chi connectivity index (χ3v) is 7.30. The van der Waals surface area contributed by atoms with Gasteiger partial charge in [0.2, 0.25) is 6.79 Å². The van der Waals surface area contributed by atoms with Crippen LogP contribution in [0.5, 0.6) is 23.0 Å². The Bertz CT molecular complexity index is 1890. The van der Waals surface area contributed by atoms with E-state index in [1.165, 1.54) is 4.68 Å². The van der Waals surface area contributed by atoms with Crippen molar-refractivity contribution in [2.45, 2.75) is 40.2 Å². The number of para-hydroxylation sites is 1. The summed E-state index contributed by atoms with van der Waals surface area (Å²) in [6, 6.07) is 24.7. The molecule has 1 aliphatic heterocycles. The molecule has 2 heterocycles. The molecular weight excluding hydrogens is 542 g/mol. The van der Waals surface area contributed by atoms with Crippen LogP contribution in [0.15, 0.2) is 88.8 Å². The van der Waals surface area contributed by atoms with E-state index < -0.39 is 0 Å². The number of nitrogens with zero attached hydrogens (tertiary/aromatic N) is 3. The summed E-state index contributed by atoms with van der Waals surface area (Å²) >= 11 is 0. The first-order valence-electron chi connectivity index (χ1n) is 14.4. The maximum absolute atomic E-state index is 13.8. The molecule has 0 N–H and O–H groups in total. The van der Waals surface area contributed by atoms with Gasteiger partial charge in [-0.3, -0.25) is 4.79 Å². The largest absolute Gasteiger partial charge is 0.494 e. The molecule has 0 aliphatic carbocycles. The van der Waals surface area contributed by atoms with E-state index >= 15 is 0 Å². The van der Waals surface area contributed by atoms with Crippen molar-refractivity contribution in [2.24, 2.45) is 5.10 Å². The quantitative estimate of drug-likeness (QED) is 0.175.